The molecule has 4 aromatic rings. The van der Waals surface area contributed by atoms with Gasteiger partial charge in [0.25, 0.3) is 0 Å². The van der Waals surface area contributed by atoms with Gasteiger partial charge in [0.1, 0.15) is 17.2 Å². The molecule has 2 aromatic carbocycles. The third-order valence-corrected chi connectivity index (χ3v) is 4.68. The van der Waals surface area contributed by atoms with E-state index in [9.17, 15) is 17.6 Å². The van der Waals surface area contributed by atoms with E-state index in [1.165, 1.54) is 30.5 Å². The van der Waals surface area contributed by atoms with Crippen molar-refractivity contribution in [1.29, 1.82) is 0 Å². The maximum absolute atomic E-state index is 13.4. The van der Waals surface area contributed by atoms with Gasteiger partial charge in [0.15, 0.2) is 0 Å². The number of pyridine rings is 1. The highest BCUT2D eigenvalue weighted by Crippen LogP contribution is 2.33. The molecule has 0 unspecified atom stereocenters. The highest BCUT2D eigenvalue weighted by Gasteiger charge is 2.30. The van der Waals surface area contributed by atoms with Crippen LogP contribution in [0.15, 0.2) is 54.7 Å². The standard InChI is InChI=1S/C20H14ClF4N5/c1-26-19-29-16-10-27-18(28-12-5-6-15(22)14(21)8-12)9-17(16)30(19)13-4-2-3-11(7-13)20(23,24)25/h2-10H,1H3,(H,26,29)(H,27,28). The van der Waals surface area contributed by atoms with Crippen molar-refractivity contribution in [3.8, 4) is 5.69 Å². The third kappa shape index (κ3) is 3.76. The topological polar surface area (TPSA) is 54.8 Å². The first-order chi connectivity index (χ1) is 14.3. The Morgan fingerprint density at radius 3 is 2.57 bits per heavy atom. The molecule has 2 aromatic heterocycles. The molecule has 0 saturated carbocycles. The summed E-state index contributed by atoms with van der Waals surface area (Å²) in [5, 5.41) is 5.84. The van der Waals surface area contributed by atoms with Crippen molar-refractivity contribution in [3.63, 3.8) is 0 Å². The van der Waals surface area contributed by atoms with E-state index in [4.69, 9.17) is 11.6 Å². The highest BCUT2D eigenvalue weighted by atomic mass is 35.5. The van der Waals surface area contributed by atoms with Crippen LogP contribution in [0.3, 0.4) is 0 Å². The minimum absolute atomic E-state index is 0.0486. The zero-order valence-electron chi connectivity index (χ0n) is 15.4. The molecule has 2 heterocycles. The third-order valence-electron chi connectivity index (χ3n) is 4.39. The molecule has 0 aliphatic heterocycles. The second-order valence-corrected chi connectivity index (χ2v) is 6.79. The molecule has 10 heteroatoms. The molecule has 2 N–H and O–H groups in total. The number of hydrogen-bond acceptors (Lipinski definition) is 4. The van der Waals surface area contributed by atoms with Crippen LogP contribution in [-0.2, 0) is 6.18 Å². The average Bonchev–Trinajstić information content (AvgIpc) is 3.08. The summed E-state index contributed by atoms with van der Waals surface area (Å²) in [6.07, 6.45) is -2.98. The predicted molar refractivity (Wildman–Crippen MR) is 108 cm³/mol. The van der Waals surface area contributed by atoms with Crippen LogP contribution in [0.2, 0.25) is 5.02 Å². The van der Waals surface area contributed by atoms with Crippen molar-refractivity contribution in [3.05, 3.63) is 71.1 Å². The first-order valence-electron chi connectivity index (χ1n) is 8.72. The van der Waals surface area contributed by atoms with Gasteiger partial charge in [-0.15, -0.1) is 0 Å². The van der Waals surface area contributed by atoms with Crippen molar-refractivity contribution in [2.75, 3.05) is 17.7 Å². The number of hydrogen-bond donors (Lipinski definition) is 2. The largest absolute Gasteiger partial charge is 0.416 e. The highest BCUT2D eigenvalue weighted by molar-refractivity contribution is 6.31. The molecule has 4 rings (SSSR count). The van der Waals surface area contributed by atoms with Crippen LogP contribution >= 0.6 is 11.6 Å². The van der Waals surface area contributed by atoms with Crippen molar-refractivity contribution < 1.29 is 17.6 Å². The summed E-state index contributed by atoms with van der Waals surface area (Å²) in [4.78, 5) is 8.64. The number of imidazole rings is 1. The van der Waals surface area contributed by atoms with Gasteiger partial charge >= 0.3 is 6.18 Å². The van der Waals surface area contributed by atoms with E-state index in [1.807, 2.05) is 0 Å². The van der Waals surface area contributed by atoms with E-state index in [0.29, 0.717) is 34.2 Å². The normalized spacial score (nSPS) is 11.7. The Balaban J connectivity index is 1.81. The Morgan fingerprint density at radius 2 is 1.87 bits per heavy atom. The number of aromatic nitrogens is 3. The second kappa shape index (κ2) is 7.49. The molecular weight excluding hydrogens is 422 g/mol. The molecular formula is C20H14ClF4N5. The number of fused-ring (bicyclic) bond motifs is 1. The van der Waals surface area contributed by atoms with Crippen LogP contribution in [-0.4, -0.2) is 21.6 Å². The zero-order valence-corrected chi connectivity index (χ0v) is 16.2. The van der Waals surface area contributed by atoms with Crippen molar-refractivity contribution >= 4 is 40.1 Å². The summed E-state index contributed by atoms with van der Waals surface area (Å²) < 4.78 is 54.5. The second-order valence-electron chi connectivity index (χ2n) is 6.38. The Bertz CT molecular complexity index is 1240. The lowest BCUT2D eigenvalue weighted by Gasteiger charge is -2.13. The summed E-state index contributed by atoms with van der Waals surface area (Å²) in [6, 6.07) is 10.7. The molecule has 0 radical (unpaired) electrons. The quantitative estimate of drug-likeness (QED) is 0.385. The monoisotopic (exact) mass is 435 g/mol. The molecule has 0 atom stereocenters. The van der Waals surface area contributed by atoms with Crippen LogP contribution in [0, 0.1) is 5.82 Å². The first kappa shape index (κ1) is 20.0. The fraction of sp³-hybridized carbons (Fsp3) is 0.100. The molecule has 154 valence electrons. The van der Waals surface area contributed by atoms with Gasteiger partial charge in [0.05, 0.1) is 22.3 Å². The molecule has 0 saturated heterocycles. The van der Waals surface area contributed by atoms with E-state index >= 15 is 0 Å². The van der Waals surface area contributed by atoms with Crippen LogP contribution in [0.4, 0.5) is 35.0 Å². The summed E-state index contributed by atoms with van der Waals surface area (Å²) in [7, 11) is 1.62. The van der Waals surface area contributed by atoms with Gasteiger partial charge in [-0.05, 0) is 36.4 Å². The summed E-state index contributed by atoms with van der Waals surface area (Å²) in [5.74, 6) is 0.195. The van der Waals surface area contributed by atoms with Crippen LogP contribution in [0.25, 0.3) is 16.7 Å². The van der Waals surface area contributed by atoms with E-state index in [0.717, 1.165) is 12.1 Å². The van der Waals surface area contributed by atoms with Gasteiger partial charge in [-0.2, -0.15) is 13.2 Å². The minimum atomic E-state index is -4.47. The first-order valence-corrected chi connectivity index (χ1v) is 9.10. The Kier molecular flexibility index (Phi) is 4.98. The number of halogens is 5. The van der Waals surface area contributed by atoms with Crippen molar-refractivity contribution in [1.82, 2.24) is 14.5 Å². The number of nitrogens with one attached hydrogen (secondary N) is 2. The Labute approximate surface area is 173 Å². The number of anilines is 3. The number of benzene rings is 2. The fourth-order valence-corrected chi connectivity index (χ4v) is 3.20. The number of alkyl halides is 3. The van der Waals surface area contributed by atoms with E-state index in [-0.39, 0.29) is 5.02 Å². The van der Waals surface area contributed by atoms with Gasteiger partial charge in [-0.1, -0.05) is 17.7 Å². The molecule has 5 nitrogen and oxygen atoms in total. The smallest absolute Gasteiger partial charge is 0.358 e. The lowest BCUT2D eigenvalue weighted by Crippen LogP contribution is -2.07. The summed E-state index contributed by atoms with van der Waals surface area (Å²) in [6.45, 7) is 0. The lowest BCUT2D eigenvalue weighted by molar-refractivity contribution is -0.137. The Hall–Kier alpha value is -3.33. The molecule has 30 heavy (non-hydrogen) atoms. The van der Waals surface area contributed by atoms with Gasteiger partial charge < -0.3 is 10.6 Å². The van der Waals surface area contributed by atoms with Gasteiger partial charge in [-0.3, -0.25) is 4.57 Å². The van der Waals surface area contributed by atoms with E-state index in [1.54, 1.807) is 23.7 Å². The fourth-order valence-electron chi connectivity index (χ4n) is 3.02. The molecule has 0 spiro atoms. The van der Waals surface area contributed by atoms with Crippen LogP contribution in [0.5, 0.6) is 0 Å². The lowest BCUT2D eigenvalue weighted by atomic mass is 10.2. The minimum Gasteiger partial charge on any atom is -0.358 e. The zero-order chi connectivity index (χ0) is 21.5. The Morgan fingerprint density at radius 1 is 1.07 bits per heavy atom. The van der Waals surface area contributed by atoms with Gasteiger partial charge in [0, 0.05) is 24.5 Å². The van der Waals surface area contributed by atoms with Crippen molar-refractivity contribution in [2.45, 2.75) is 6.18 Å². The molecule has 0 aliphatic carbocycles. The maximum atomic E-state index is 13.4. The predicted octanol–water partition coefficient (Wildman–Crippen LogP) is 6.02. The summed E-state index contributed by atoms with van der Waals surface area (Å²) in [5.41, 5.74) is 1.05. The van der Waals surface area contributed by atoms with Crippen LogP contribution in [0.1, 0.15) is 5.56 Å². The maximum Gasteiger partial charge on any atom is 0.416 e. The van der Waals surface area contributed by atoms with Gasteiger partial charge in [0.2, 0.25) is 5.95 Å². The van der Waals surface area contributed by atoms with Crippen molar-refractivity contribution in [2.24, 2.45) is 0 Å². The summed E-state index contributed by atoms with van der Waals surface area (Å²) >= 11 is 5.80. The average molecular weight is 436 g/mol. The molecule has 0 amide bonds. The van der Waals surface area contributed by atoms with Gasteiger partial charge in [-0.25, -0.2) is 14.4 Å². The van der Waals surface area contributed by atoms with E-state index < -0.39 is 17.6 Å². The van der Waals surface area contributed by atoms with Crippen LogP contribution < -0.4 is 10.6 Å². The van der Waals surface area contributed by atoms with E-state index in [2.05, 4.69) is 20.6 Å². The molecule has 0 bridgehead atoms. The molecule has 0 aliphatic rings. The number of rotatable bonds is 4. The SMILES string of the molecule is CNc1nc2cnc(Nc3ccc(F)c(Cl)c3)cc2n1-c1cccc(C(F)(F)F)c1. The number of nitrogens with zero attached hydrogens (tertiary/aromatic N) is 3. The molecule has 0 fully saturated rings.